The molecule has 9 heteroatoms. The van der Waals surface area contributed by atoms with Crippen LogP contribution in [-0.4, -0.2) is 48.3 Å². The minimum atomic E-state index is -4.47. The number of carbonyl (C=O) groups is 2. The Kier molecular flexibility index (Phi) is 4.92. The van der Waals surface area contributed by atoms with Crippen LogP contribution in [0.4, 0.5) is 13.2 Å². The molecule has 26 heavy (non-hydrogen) atoms. The van der Waals surface area contributed by atoms with E-state index in [1.54, 1.807) is 14.1 Å². The molecule has 0 saturated carbocycles. The smallest absolute Gasteiger partial charge is 0.347 e. The van der Waals surface area contributed by atoms with Crippen LogP contribution in [0.1, 0.15) is 28.1 Å². The Morgan fingerprint density at radius 3 is 2.62 bits per heavy atom. The molecule has 1 aliphatic rings. The number of thiophene rings is 1. The van der Waals surface area contributed by atoms with Crippen LogP contribution in [-0.2, 0) is 11.0 Å². The summed E-state index contributed by atoms with van der Waals surface area (Å²) in [6.45, 7) is 0.418. The zero-order valence-electron chi connectivity index (χ0n) is 14.1. The number of carbonyl (C=O) groups excluding carboxylic acids is 2. The van der Waals surface area contributed by atoms with E-state index >= 15 is 0 Å². The number of likely N-dealkylation sites (tertiary alicyclic amines) is 1. The number of halogens is 4. The lowest BCUT2D eigenvalue weighted by Crippen LogP contribution is -2.45. The standard InChI is InChI=1S/C17H16ClF3N2O2S/c1-22(2)15(24)11-4-3-7-23(11)16(25)14-13(18)10-6-5-9(17(19,20)21)8-12(10)26-14/h5-6,8,11H,3-4,7H2,1-2H3. The Bertz CT molecular complexity index is 879. The van der Waals surface area contributed by atoms with Crippen LogP contribution in [0.3, 0.4) is 0 Å². The van der Waals surface area contributed by atoms with Gasteiger partial charge in [-0.25, -0.2) is 0 Å². The molecule has 0 radical (unpaired) electrons. The summed E-state index contributed by atoms with van der Waals surface area (Å²) in [5.41, 5.74) is -0.788. The highest BCUT2D eigenvalue weighted by Crippen LogP contribution is 2.40. The third-order valence-electron chi connectivity index (χ3n) is 4.39. The van der Waals surface area contributed by atoms with Gasteiger partial charge in [0.05, 0.1) is 10.6 Å². The van der Waals surface area contributed by atoms with Gasteiger partial charge in [-0.15, -0.1) is 11.3 Å². The first-order chi connectivity index (χ1) is 12.1. The SMILES string of the molecule is CN(C)C(=O)C1CCCN1C(=O)c1sc2cc(C(F)(F)F)ccc2c1Cl. The monoisotopic (exact) mass is 404 g/mol. The number of fused-ring (bicyclic) bond motifs is 1. The van der Waals surface area contributed by atoms with Crippen LogP contribution in [0.25, 0.3) is 10.1 Å². The number of alkyl halides is 3. The lowest BCUT2D eigenvalue weighted by atomic mass is 10.1. The third kappa shape index (κ3) is 3.27. The summed E-state index contributed by atoms with van der Waals surface area (Å²) in [7, 11) is 3.24. The number of benzene rings is 1. The summed E-state index contributed by atoms with van der Waals surface area (Å²) in [5, 5.41) is 0.536. The van der Waals surface area contributed by atoms with Crippen molar-refractivity contribution in [3.05, 3.63) is 33.7 Å². The fourth-order valence-electron chi connectivity index (χ4n) is 3.07. The van der Waals surface area contributed by atoms with Crippen LogP contribution in [0.2, 0.25) is 5.02 Å². The minimum Gasteiger partial charge on any atom is -0.347 e. The number of rotatable bonds is 2. The molecular weight excluding hydrogens is 389 g/mol. The molecular formula is C17H16ClF3N2O2S. The molecule has 1 fully saturated rings. The molecule has 1 atom stereocenters. The third-order valence-corrected chi connectivity index (χ3v) is 6.04. The molecule has 0 N–H and O–H groups in total. The van der Waals surface area contributed by atoms with Gasteiger partial charge in [-0.1, -0.05) is 17.7 Å². The number of amides is 2. The van der Waals surface area contributed by atoms with E-state index < -0.39 is 23.7 Å². The zero-order chi connectivity index (χ0) is 19.2. The van der Waals surface area contributed by atoms with Gasteiger partial charge in [-0.2, -0.15) is 13.2 Å². The number of hydrogen-bond donors (Lipinski definition) is 0. The Hall–Kier alpha value is -1.80. The van der Waals surface area contributed by atoms with Gasteiger partial charge < -0.3 is 9.80 Å². The summed E-state index contributed by atoms with van der Waals surface area (Å²) in [6.07, 6.45) is -3.22. The fraction of sp³-hybridized carbons (Fsp3) is 0.412. The summed E-state index contributed by atoms with van der Waals surface area (Å²) < 4.78 is 39.0. The molecule has 0 spiro atoms. The van der Waals surface area contributed by atoms with Gasteiger partial charge in [0, 0.05) is 30.7 Å². The van der Waals surface area contributed by atoms with Crippen molar-refractivity contribution in [2.75, 3.05) is 20.6 Å². The molecule has 140 valence electrons. The van der Waals surface area contributed by atoms with Gasteiger partial charge >= 0.3 is 6.18 Å². The van der Waals surface area contributed by atoms with E-state index in [-0.39, 0.29) is 15.8 Å². The van der Waals surface area contributed by atoms with Crippen molar-refractivity contribution in [1.82, 2.24) is 9.80 Å². The molecule has 1 aromatic carbocycles. The second-order valence-electron chi connectivity index (χ2n) is 6.34. The average Bonchev–Trinajstić information content (AvgIpc) is 3.17. The normalized spacial score (nSPS) is 17.8. The van der Waals surface area contributed by atoms with Gasteiger partial charge in [0.25, 0.3) is 5.91 Å². The van der Waals surface area contributed by atoms with Crippen molar-refractivity contribution in [1.29, 1.82) is 0 Å². The number of nitrogens with zero attached hydrogens (tertiary/aromatic N) is 2. The topological polar surface area (TPSA) is 40.6 Å². The molecule has 1 aliphatic heterocycles. The molecule has 1 saturated heterocycles. The van der Waals surface area contributed by atoms with Crippen LogP contribution in [0, 0.1) is 0 Å². The Morgan fingerprint density at radius 1 is 1.31 bits per heavy atom. The maximum atomic E-state index is 12.9. The lowest BCUT2D eigenvalue weighted by Gasteiger charge is -2.25. The summed E-state index contributed by atoms with van der Waals surface area (Å²) in [4.78, 5) is 28.3. The first-order valence-electron chi connectivity index (χ1n) is 7.92. The van der Waals surface area contributed by atoms with E-state index in [4.69, 9.17) is 11.6 Å². The predicted octanol–water partition coefficient (Wildman–Crippen LogP) is 4.27. The van der Waals surface area contributed by atoms with E-state index in [0.717, 1.165) is 23.5 Å². The Morgan fingerprint density at radius 2 is 2.00 bits per heavy atom. The molecule has 2 amide bonds. The fourth-order valence-corrected chi connectivity index (χ4v) is 4.58. The van der Waals surface area contributed by atoms with Gasteiger partial charge in [0.1, 0.15) is 10.9 Å². The van der Waals surface area contributed by atoms with Gasteiger partial charge in [0.15, 0.2) is 0 Å². The van der Waals surface area contributed by atoms with E-state index in [1.807, 2.05) is 0 Å². The first-order valence-corrected chi connectivity index (χ1v) is 9.12. The summed E-state index contributed by atoms with van der Waals surface area (Å²) in [5.74, 6) is -0.588. The second kappa shape index (κ2) is 6.74. The number of hydrogen-bond acceptors (Lipinski definition) is 3. The maximum absolute atomic E-state index is 12.9. The van der Waals surface area contributed by atoms with Crippen LogP contribution in [0.5, 0.6) is 0 Å². The van der Waals surface area contributed by atoms with Gasteiger partial charge in [-0.05, 0) is 25.0 Å². The van der Waals surface area contributed by atoms with E-state index in [0.29, 0.717) is 29.5 Å². The van der Waals surface area contributed by atoms with E-state index in [1.165, 1.54) is 15.9 Å². The first kappa shape index (κ1) is 19.0. The zero-order valence-corrected chi connectivity index (χ0v) is 15.6. The van der Waals surface area contributed by atoms with Crippen molar-refractivity contribution in [3.63, 3.8) is 0 Å². The average molecular weight is 405 g/mol. The van der Waals surface area contributed by atoms with E-state index in [2.05, 4.69) is 0 Å². The molecule has 3 rings (SSSR count). The largest absolute Gasteiger partial charge is 0.416 e. The molecule has 2 aromatic rings. The highest BCUT2D eigenvalue weighted by atomic mass is 35.5. The predicted molar refractivity (Wildman–Crippen MR) is 94.6 cm³/mol. The van der Waals surface area contributed by atoms with Crippen LogP contribution < -0.4 is 0 Å². The van der Waals surface area contributed by atoms with Crippen LogP contribution in [0.15, 0.2) is 18.2 Å². The summed E-state index contributed by atoms with van der Waals surface area (Å²) in [6, 6.07) is 2.66. The van der Waals surface area contributed by atoms with Crippen molar-refractivity contribution in [3.8, 4) is 0 Å². The quantitative estimate of drug-likeness (QED) is 0.750. The minimum absolute atomic E-state index is 0.131. The van der Waals surface area contributed by atoms with Crippen LogP contribution >= 0.6 is 22.9 Å². The molecule has 4 nitrogen and oxygen atoms in total. The van der Waals surface area contributed by atoms with Crippen molar-refractivity contribution in [2.45, 2.75) is 25.1 Å². The van der Waals surface area contributed by atoms with Gasteiger partial charge in [0.2, 0.25) is 5.91 Å². The molecule has 0 bridgehead atoms. The molecule has 1 unspecified atom stereocenters. The Labute approximate surface area is 157 Å². The molecule has 0 aliphatic carbocycles. The second-order valence-corrected chi connectivity index (χ2v) is 7.77. The number of likely N-dealkylation sites (N-methyl/N-ethyl adjacent to an activating group) is 1. The molecule has 2 heterocycles. The van der Waals surface area contributed by atoms with E-state index in [9.17, 15) is 22.8 Å². The molecule has 1 aromatic heterocycles. The van der Waals surface area contributed by atoms with Crippen molar-refractivity contribution in [2.24, 2.45) is 0 Å². The lowest BCUT2D eigenvalue weighted by molar-refractivity contribution is -0.137. The Balaban J connectivity index is 1.98. The highest BCUT2D eigenvalue weighted by molar-refractivity contribution is 7.21. The van der Waals surface area contributed by atoms with Crippen molar-refractivity contribution >= 4 is 44.8 Å². The highest BCUT2D eigenvalue weighted by Gasteiger charge is 2.37. The summed E-state index contributed by atoms with van der Waals surface area (Å²) >= 11 is 7.20. The van der Waals surface area contributed by atoms with Crippen molar-refractivity contribution < 1.29 is 22.8 Å². The van der Waals surface area contributed by atoms with Gasteiger partial charge in [-0.3, -0.25) is 9.59 Å². The maximum Gasteiger partial charge on any atom is 0.416 e.